The Balaban J connectivity index is 1.71. The van der Waals surface area contributed by atoms with Crippen LogP contribution in [0.4, 0.5) is 0 Å². The third kappa shape index (κ3) is 1.17. The van der Waals surface area contributed by atoms with Crippen LogP contribution in [0.25, 0.3) is 0 Å². The molecular formula is C10H16N2O. The topological polar surface area (TPSA) is 32.3 Å². The molecule has 1 saturated carbocycles. The molecule has 1 amide bonds. The molecule has 13 heavy (non-hydrogen) atoms. The number of hydrogen-bond donors (Lipinski definition) is 1. The highest BCUT2D eigenvalue weighted by Gasteiger charge is 2.49. The van der Waals surface area contributed by atoms with E-state index in [4.69, 9.17) is 0 Å². The molecule has 3 aliphatic rings. The van der Waals surface area contributed by atoms with Crippen molar-refractivity contribution in [3.63, 3.8) is 0 Å². The highest BCUT2D eigenvalue weighted by molar-refractivity contribution is 5.83. The second-order valence-corrected chi connectivity index (χ2v) is 4.57. The molecule has 0 aromatic rings. The summed E-state index contributed by atoms with van der Waals surface area (Å²) in [6.45, 7) is 3.12. The van der Waals surface area contributed by atoms with Gasteiger partial charge in [0.15, 0.2) is 0 Å². The zero-order valence-corrected chi connectivity index (χ0v) is 7.83. The summed E-state index contributed by atoms with van der Waals surface area (Å²) in [7, 11) is 0. The quantitative estimate of drug-likeness (QED) is 0.626. The monoisotopic (exact) mass is 180 g/mol. The van der Waals surface area contributed by atoms with Gasteiger partial charge >= 0.3 is 0 Å². The van der Waals surface area contributed by atoms with Gasteiger partial charge in [0.1, 0.15) is 0 Å². The van der Waals surface area contributed by atoms with Crippen molar-refractivity contribution in [1.82, 2.24) is 10.2 Å². The van der Waals surface area contributed by atoms with E-state index in [0.29, 0.717) is 17.9 Å². The zero-order chi connectivity index (χ0) is 8.84. The highest BCUT2D eigenvalue weighted by atomic mass is 16.2. The molecule has 3 heteroatoms. The number of carbonyl (C=O) groups is 1. The average molecular weight is 180 g/mol. The van der Waals surface area contributed by atoms with Gasteiger partial charge in [-0.05, 0) is 31.7 Å². The minimum absolute atomic E-state index is 0.425. The van der Waals surface area contributed by atoms with E-state index in [1.165, 1.54) is 12.8 Å². The van der Waals surface area contributed by atoms with Gasteiger partial charge in [-0.1, -0.05) is 0 Å². The largest absolute Gasteiger partial charge is 0.338 e. The van der Waals surface area contributed by atoms with Gasteiger partial charge in [0.25, 0.3) is 0 Å². The highest BCUT2D eigenvalue weighted by Crippen LogP contribution is 2.46. The Morgan fingerprint density at radius 1 is 1.38 bits per heavy atom. The number of likely N-dealkylation sites (tertiary alicyclic amines) is 1. The minimum atomic E-state index is 0.425. The number of hydrogen-bond acceptors (Lipinski definition) is 2. The fraction of sp³-hybridized carbons (Fsp3) is 0.900. The summed E-state index contributed by atoms with van der Waals surface area (Å²) in [5, 5.41) is 3.32. The summed E-state index contributed by atoms with van der Waals surface area (Å²) in [5.74, 6) is 1.64. The Kier molecular flexibility index (Phi) is 1.62. The first-order chi connectivity index (χ1) is 6.36. The molecule has 2 aliphatic heterocycles. The Morgan fingerprint density at radius 3 is 3.08 bits per heavy atom. The molecule has 2 saturated heterocycles. The number of piperidine rings is 1. The van der Waals surface area contributed by atoms with Gasteiger partial charge in [-0.3, -0.25) is 4.79 Å². The van der Waals surface area contributed by atoms with Crippen LogP contribution in [0.2, 0.25) is 0 Å². The van der Waals surface area contributed by atoms with Crippen LogP contribution in [0, 0.1) is 11.8 Å². The third-order valence-corrected chi connectivity index (χ3v) is 3.74. The summed E-state index contributed by atoms with van der Waals surface area (Å²) in [6, 6.07) is 0.508. The smallest absolute Gasteiger partial charge is 0.226 e. The number of rotatable bonds is 1. The minimum Gasteiger partial charge on any atom is -0.338 e. The van der Waals surface area contributed by atoms with E-state index in [0.717, 1.165) is 32.0 Å². The summed E-state index contributed by atoms with van der Waals surface area (Å²) in [6.07, 6.45) is 3.59. The van der Waals surface area contributed by atoms with Crippen LogP contribution >= 0.6 is 0 Å². The van der Waals surface area contributed by atoms with E-state index < -0.39 is 0 Å². The van der Waals surface area contributed by atoms with Crippen LogP contribution in [-0.2, 0) is 4.79 Å². The second-order valence-electron chi connectivity index (χ2n) is 4.57. The van der Waals surface area contributed by atoms with Crippen LogP contribution in [0.5, 0.6) is 0 Å². The van der Waals surface area contributed by atoms with Crippen molar-refractivity contribution in [2.75, 3.05) is 19.6 Å². The number of fused-ring (bicyclic) bond motifs is 1. The number of nitrogens with one attached hydrogen (secondary N) is 1. The summed E-state index contributed by atoms with van der Waals surface area (Å²) in [4.78, 5) is 14.0. The maximum absolute atomic E-state index is 11.9. The van der Waals surface area contributed by atoms with E-state index in [9.17, 15) is 4.79 Å². The molecule has 0 radical (unpaired) electrons. The SMILES string of the molecule is O=C1C2CC2CCN1C1CCNC1. The van der Waals surface area contributed by atoms with Crippen LogP contribution in [0.3, 0.4) is 0 Å². The first-order valence-electron chi connectivity index (χ1n) is 5.37. The molecule has 3 atom stereocenters. The van der Waals surface area contributed by atoms with E-state index in [1.54, 1.807) is 0 Å². The van der Waals surface area contributed by atoms with Crippen molar-refractivity contribution >= 4 is 5.91 Å². The number of amides is 1. The second kappa shape index (κ2) is 2.71. The predicted octanol–water partition coefficient (Wildman–Crippen LogP) is 0.217. The summed E-state index contributed by atoms with van der Waals surface area (Å²) < 4.78 is 0. The lowest BCUT2D eigenvalue weighted by molar-refractivity contribution is -0.136. The van der Waals surface area contributed by atoms with Crippen molar-refractivity contribution in [3.8, 4) is 0 Å². The van der Waals surface area contributed by atoms with Gasteiger partial charge in [0, 0.05) is 25.0 Å². The first-order valence-corrected chi connectivity index (χ1v) is 5.37. The molecule has 0 aromatic heterocycles. The third-order valence-electron chi connectivity index (χ3n) is 3.74. The van der Waals surface area contributed by atoms with Gasteiger partial charge in [-0.2, -0.15) is 0 Å². The molecule has 3 rings (SSSR count). The normalized spacial score (nSPS) is 43.5. The van der Waals surface area contributed by atoms with Crippen molar-refractivity contribution in [3.05, 3.63) is 0 Å². The lowest BCUT2D eigenvalue weighted by Gasteiger charge is -2.31. The molecule has 2 heterocycles. The van der Waals surface area contributed by atoms with Gasteiger partial charge < -0.3 is 10.2 Å². The molecule has 0 aromatic carbocycles. The van der Waals surface area contributed by atoms with E-state index >= 15 is 0 Å². The molecule has 3 fully saturated rings. The lowest BCUT2D eigenvalue weighted by Crippen LogP contribution is -2.45. The van der Waals surface area contributed by atoms with Gasteiger partial charge in [0.05, 0.1) is 0 Å². The van der Waals surface area contributed by atoms with Gasteiger partial charge in [-0.25, -0.2) is 0 Å². The van der Waals surface area contributed by atoms with E-state index in [1.807, 2.05) is 0 Å². The molecule has 1 aliphatic carbocycles. The molecule has 1 N–H and O–H groups in total. The fourth-order valence-electron chi connectivity index (χ4n) is 2.77. The Hall–Kier alpha value is -0.570. The van der Waals surface area contributed by atoms with Crippen LogP contribution in [-0.4, -0.2) is 36.5 Å². The number of nitrogens with zero attached hydrogens (tertiary/aromatic N) is 1. The van der Waals surface area contributed by atoms with Gasteiger partial charge in [0.2, 0.25) is 5.91 Å². The van der Waals surface area contributed by atoms with E-state index in [-0.39, 0.29) is 0 Å². The van der Waals surface area contributed by atoms with Crippen molar-refractivity contribution in [1.29, 1.82) is 0 Å². The average Bonchev–Trinajstić information content (AvgIpc) is 2.73. The Labute approximate surface area is 78.5 Å². The van der Waals surface area contributed by atoms with Crippen molar-refractivity contribution < 1.29 is 4.79 Å². The molecule has 3 unspecified atom stereocenters. The molecule has 0 bridgehead atoms. The maximum atomic E-state index is 11.9. The van der Waals surface area contributed by atoms with Crippen molar-refractivity contribution in [2.45, 2.75) is 25.3 Å². The number of carbonyl (C=O) groups excluding carboxylic acids is 1. The van der Waals surface area contributed by atoms with Crippen LogP contribution in [0.15, 0.2) is 0 Å². The molecule has 0 spiro atoms. The fourth-order valence-corrected chi connectivity index (χ4v) is 2.77. The van der Waals surface area contributed by atoms with Crippen molar-refractivity contribution in [2.24, 2.45) is 11.8 Å². The predicted molar refractivity (Wildman–Crippen MR) is 49.2 cm³/mol. The first kappa shape index (κ1) is 7.80. The zero-order valence-electron chi connectivity index (χ0n) is 7.83. The van der Waals surface area contributed by atoms with Crippen LogP contribution < -0.4 is 5.32 Å². The van der Waals surface area contributed by atoms with Gasteiger partial charge in [-0.15, -0.1) is 0 Å². The maximum Gasteiger partial charge on any atom is 0.226 e. The summed E-state index contributed by atoms with van der Waals surface area (Å²) >= 11 is 0. The molecule has 3 nitrogen and oxygen atoms in total. The van der Waals surface area contributed by atoms with E-state index in [2.05, 4.69) is 10.2 Å². The molecular weight excluding hydrogens is 164 g/mol. The summed E-state index contributed by atoms with van der Waals surface area (Å²) in [5.41, 5.74) is 0. The molecule has 72 valence electrons. The lowest BCUT2D eigenvalue weighted by atomic mass is 10.1. The van der Waals surface area contributed by atoms with Crippen LogP contribution in [0.1, 0.15) is 19.3 Å². The standard InChI is InChI=1S/C10H16N2O/c13-10-9-5-7(9)2-4-12(10)8-1-3-11-6-8/h7-9,11H,1-6H2. The Bertz CT molecular complexity index is 235. The Morgan fingerprint density at radius 2 is 2.31 bits per heavy atom.